The zero-order chi connectivity index (χ0) is 10.8. The Morgan fingerprint density at radius 3 is 2.79 bits per heavy atom. The number of hydrogen-bond donors (Lipinski definition) is 2. The molecule has 0 aromatic heterocycles. The third-order valence-corrected chi connectivity index (χ3v) is 2.98. The summed E-state index contributed by atoms with van der Waals surface area (Å²) in [7, 11) is 0. The summed E-state index contributed by atoms with van der Waals surface area (Å²) in [5.74, 6) is 0.596. The molecular weight excluding hydrogens is 198 g/mol. The summed E-state index contributed by atoms with van der Waals surface area (Å²) in [6.45, 7) is 3.65. The standard InChI is InChI=1S/C10H19NO2S/c1-2-3-4-5-6-7-14-8-9(11)10(12)13/h2,9H,1,3-8,11H2,(H,12,13)/t9-/m0/s1. The summed E-state index contributed by atoms with van der Waals surface area (Å²) in [6, 6.07) is -0.715. The van der Waals surface area contributed by atoms with E-state index in [9.17, 15) is 4.79 Å². The maximum atomic E-state index is 10.4. The Bertz CT molecular complexity index is 174. The molecule has 0 amide bonds. The molecule has 14 heavy (non-hydrogen) atoms. The number of hydrogen-bond acceptors (Lipinski definition) is 3. The Hall–Kier alpha value is -0.480. The van der Waals surface area contributed by atoms with Crippen molar-refractivity contribution in [3.8, 4) is 0 Å². The van der Waals surface area contributed by atoms with E-state index < -0.39 is 12.0 Å². The molecule has 0 rings (SSSR count). The van der Waals surface area contributed by atoms with Crippen LogP contribution in [0.2, 0.25) is 0 Å². The summed E-state index contributed by atoms with van der Waals surface area (Å²) >= 11 is 1.62. The molecule has 3 nitrogen and oxygen atoms in total. The zero-order valence-electron chi connectivity index (χ0n) is 8.45. The van der Waals surface area contributed by atoms with Crippen molar-refractivity contribution in [1.82, 2.24) is 0 Å². The van der Waals surface area contributed by atoms with E-state index >= 15 is 0 Å². The van der Waals surface area contributed by atoms with E-state index in [0.717, 1.165) is 18.6 Å². The van der Waals surface area contributed by atoms with Gasteiger partial charge in [0.1, 0.15) is 6.04 Å². The molecule has 0 saturated heterocycles. The van der Waals surface area contributed by atoms with Crippen LogP contribution in [0, 0.1) is 0 Å². The van der Waals surface area contributed by atoms with Gasteiger partial charge >= 0.3 is 5.97 Å². The molecule has 0 bridgehead atoms. The lowest BCUT2D eigenvalue weighted by atomic mass is 10.2. The molecule has 0 fully saturated rings. The lowest BCUT2D eigenvalue weighted by molar-refractivity contribution is -0.137. The summed E-state index contributed by atoms with van der Waals surface area (Å²) in [5, 5.41) is 8.51. The molecule has 4 heteroatoms. The van der Waals surface area contributed by atoms with E-state index in [1.165, 1.54) is 12.8 Å². The molecule has 0 aromatic rings. The fourth-order valence-electron chi connectivity index (χ4n) is 0.951. The lowest BCUT2D eigenvalue weighted by Gasteiger charge is -2.05. The molecule has 0 spiro atoms. The molecular formula is C10H19NO2S. The lowest BCUT2D eigenvalue weighted by Crippen LogP contribution is -2.32. The number of unbranched alkanes of at least 4 members (excludes halogenated alkanes) is 3. The average molecular weight is 217 g/mol. The van der Waals surface area contributed by atoms with Crippen molar-refractivity contribution in [1.29, 1.82) is 0 Å². The minimum absolute atomic E-state index is 0.511. The van der Waals surface area contributed by atoms with Gasteiger partial charge < -0.3 is 10.8 Å². The van der Waals surface area contributed by atoms with Gasteiger partial charge in [-0.3, -0.25) is 4.79 Å². The van der Waals surface area contributed by atoms with Crippen LogP contribution in [-0.4, -0.2) is 28.6 Å². The maximum absolute atomic E-state index is 10.4. The number of aliphatic carboxylic acids is 1. The van der Waals surface area contributed by atoms with E-state index in [-0.39, 0.29) is 0 Å². The summed E-state index contributed by atoms with van der Waals surface area (Å²) in [5.41, 5.74) is 5.35. The van der Waals surface area contributed by atoms with Crippen LogP contribution in [0.1, 0.15) is 25.7 Å². The van der Waals surface area contributed by atoms with E-state index in [2.05, 4.69) is 6.58 Å². The van der Waals surface area contributed by atoms with E-state index in [0.29, 0.717) is 5.75 Å². The molecule has 0 radical (unpaired) electrons. The summed E-state index contributed by atoms with van der Waals surface area (Å²) in [4.78, 5) is 10.4. The minimum atomic E-state index is -0.913. The van der Waals surface area contributed by atoms with E-state index in [4.69, 9.17) is 10.8 Å². The maximum Gasteiger partial charge on any atom is 0.321 e. The summed E-state index contributed by atoms with van der Waals surface area (Å²) < 4.78 is 0. The number of rotatable bonds is 9. The monoisotopic (exact) mass is 217 g/mol. The fourth-order valence-corrected chi connectivity index (χ4v) is 1.92. The number of thioether (sulfide) groups is 1. The first-order valence-electron chi connectivity index (χ1n) is 4.85. The molecule has 0 saturated carbocycles. The first-order valence-corrected chi connectivity index (χ1v) is 6.01. The van der Waals surface area contributed by atoms with Crippen molar-refractivity contribution in [3.63, 3.8) is 0 Å². The molecule has 0 aliphatic heterocycles. The molecule has 0 aliphatic rings. The molecule has 0 aromatic carbocycles. The van der Waals surface area contributed by atoms with Crippen LogP contribution < -0.4 is 5.73 Å². The van der Waals surface area contributed by atoms with Crippen molar-refractivity contribution >= 4 is 17.7 Å². The number of nitrogens with two attached hydrogens (primary N) is 1. The predicted molar refractivity (Wildman–Crippen MR) is 61.6 cm³/mol. The highest BCUT2D eigenvalue weighted by Gasteiger charge is 2.09. The van der Waals surface area contributed by atoms with Gasteiger partial charge in [0, 0.05) is 5.75 Å². The van der Waals surface area contributed by atoms with Crippen molar-refractivity contribution in [3.05, 3.63) is 12.7 Å². The van der Waals surface area contributed by atoms with Crippen LogP contribution in [0.3, 0.4) is 0 Å². The SMILES string of the molecule is C=CCCCCCSC[C@H](N)C(=O)O. The third-order valence-electron chi connectivity index (χ3n) is 1.81. The highest BCUT2D eigenvalue weighted by Crippen LogP contribution is 2.08. The van der Waals surface area contributed by atoms with Crippen LogP contribution in [0.4, 0.5) is 0 Å². The highest BCUT2D eigenvalue weighted by atomic mass is 32.2. The van der Waals surface area contributed by atoms with Gasteiger partial charge in [0.2, 0.25) is 0 Å². The number of carboxylic acid groups (broad SMARTS) is 1. The van der Waals surface area contributed by atoms with E-state index in [1.54, 1.807) is 11.8 Å². The van der Waals surface area contributed by atoms with Gasteiger partial charge in [-0.1, -0.05) is 12.5 Å². The van der Waals surface area contributed by atoms with E-state index in [1.807, 2.05) is 6.08 Å². The Morgan fingerprint density at radius 2 is 2.21 bits per heavy atom. The van der Waals surface area contributed by atoms with Crippen LogP contribution in [-0.2, 0) is 4.79 Å². The summed E-state index contributed by atoms with van der Waals surface area (Å²) in [6.07, 6.45) is 6.48. The third kappa shape index (κ3) is 8.13. The Morgan fingerprint density at radius 1 is 1.50 bits per heavy atom. The zero-order valence-corrected chi connectivity index (χ0v) is 9.26. The van der Waals surface area contributed by atoms with Gasteiger partial charge in [-0.2, -0.15) is 11.8 Å². The molecule has 0 unspecified atom stereocenters. The normalized spacial score (nSPS) is 12.4. The Balaban J connectivity index is 3.13. The average Bonchev–Trinajstić information content (AvgIpc) is 2.16. The van der Waals surface area contributed by atoms with Gasteiger partial charge in [0.15, 0.2) is 0 Å². The molecule has 3 N–H and O–H groups in total. The second-order valence-corrected chi connectivity index (χ2v) is 4.31. The smallest absolute Gasteiger partial charge is 0.321 e. The van der Waals surface area contributed by atoms with Crippen LogP contribution in [0.25, 0.3) is 0 Å². The molecule has 0 heterocycles. The van der Waals surface area contributed by atoms with Gasteiger partial charge in [-0.05, 0) is 25.0 Å². The van der Waals surface area contributed by atoms with Crippen molar-refractivity contribution in [2.24, 2.45) is 5.73 Å². The van der Waals surface area contributed by atoms with Crippen molar-refractivity contribution in [2.45, 2.75) is 31.7 Å². The van der Waals surface area contributed by atoms with Crippen molar-refractivity contribution < 1.29 is 9.90 Å². The fraction of sp³-hybridized carbons (Fsp3) is 0.700. The first-order chi connectivity index (χ1) is 6.68. The van der Waals surface area contributed by atoms with Crippen LogP contribution >= 0.6 is 11.8 Å². The largest absolute Gasteiger partial charge is 0.480 e. The van der Waals surface area contributed by atoms with Gasteiger partial charge in [0.25, 0.3) is 0 Å². The quantitative estimate of drug-likeness (QED) is 0.457. The van der Waals surface area contributed by atoms with Gasteiger partial charge in [0.05, 0.1) is 0 Å². The minimum Gasteiger partial charge on any atom is -0.480 e. The van der Waals surface area contributed by atoms with Crippen LogP contribution in [0.5, 0.6) is 0 Å². The highest BCUT2D eigenvalue weighted by molar-refractivity contribution is 7.99. The van der Waals surface area contributed by atoms with Crippen LogP contribution in [0.15, 0.2) is 12.7 Å². The number of allylic oxidation sites excluding steroid dienone is 1. The second kappa shape index (κ2) is 9.09. The number of carbonyl (C=O) groups is 1. The molecule has 82 valence electrons. The van der Waals surface area contributed by atoms with Gasteiger partial charge in [-0.25, -0.2) is 0 Å². The second-order valence-electron chi connectivity index (χ2n) is 3.16. The predicted octanol–water partition coefficient (Wildman–Crippen LogP) is 1.88. The molecule has 1 atom stereocenters. The number of carboxylic acids is 1. The molecule has 0 aliphatic carbocycles. The Kier molecular flexibility index (Phi) is 8.78. The van der Waals surface area contributed by atoms with Gasteiger partial charge in [-0.15, -0.1) is 6.58 Å². The Labute approximate surface area is 89.8 Å². The first kappa shape index (κ1) is 13.5. The topological polar surface area (TPSA) is 63.3 Å². The van der Waals surface area contributed by atoms with Crippen molar-refractivity contribution in [2.75, 3.05) is 11.5 Å².